The highest BCUT2D eigenvalue weighted by Crippen LogP contribution is 2.22. The molecule has 1 aromatic heterocycles. The molecule has 2 aromatic rings. The van der Waals surface area contributed by atoms with Crippen molar-refractivity contribution in [1.82, 2.24) is 9.71 Å². The van der Waals surface area contributed by atoms with Crippen LogP contribution in [0.25, 0.3) is 10.9 Å². The average Bonchev–Trinajstić information content (AvgIpc) is 3.00. The molecule has 160 valence electrons. The second-order valence-electron chi connectivity index (χ2n) is 6.71. The SMILES string of the molecule is CNS(=O)(=O)Cc1ccc2[nH]cc(CC[N+](C)(C)[O-])c2c1.O=C(O)/C=C\C(=O)O. The molecule has 1 heterocycles. The van der Waals surface area contributed by atoms with Crippen LogP contribution in [-0.4, -0.2) is 67.9 Å². The van der Waals surface area contributed by atoms with Crippen molar-refractivity contribution >= 4 is 32.9 Å². The molecule has 10 nitrogen and oxygen atoms in total. The van der Waals surface area contributed by atoms with E-state index in [2.05, 4.69) is 9.71 Å². The standard InChI is InChI=1S/C14H21N3O3S.C4H4O4/c1-15-21(19,20)10-11-4-5-14-13(8-11)12(9-16-14)6-7-17(2,3)18;5-3(6)1-2-4(7)8/h4-5,8-9,15-16H,6-7,10H2,1-3H3;1-2H,(H,5,6)(H,7,8)/b;2-1-. The van der Waals surface area contributed by atoms with Gasteiger partial charge in [-0.3, -0.25) is 0 Å². The van der Waals surface area contributed by atoms with Gasteiger partial charge in [-0.2, -0.15) is 0 Å². The molecular weight excluding hydrogens is 402 g/mol. The van der Waals surface area contributed by atoms with Gasteiger partial charge >= 0.3 is 11.9 Å². The van der Waals surface area contributed by atoms with Gasteiger partial charge in [0.1, 0.15) is 0 Å². The third kappa shape index (κ3) is 9.34. The maximum absolute atomic E-state index is 11.7. The van der Waals surface area contributed by atoms with Gasteiger partial charge in [-0.05, 0) is 30.3 Å². The van der Waals surface area contributed by atoms with E-state index in [-0.39, 0.29) is 10.4 Å². The van der Waals surface area contributed by atoms with Gasteiger partial charge in [0, 0.05) is 35.7 Å². The van der Waals surface area contributed by atoms with Crippen LogP contribution in [0.3, 0.4) is 0 Å². The molecule has 0 aliphatic carbocycles. The number of benzene rings is 1. The zero-order chi connectivity index (χ0) is 22.2. The highest BCUT2D eigenvalue weighted by Gasteiger charge is 2.12. The number of carboxylic acid groups (broad SMARTS) is 2. The Morgan fingerprint density at radius 1 is 1.21 bits per heavy atom. The number of nitrogens with one attached hydrogen (secondary N) is 2. The van der Waals surface area contributed by atoms with Gasteiger partial charge in [0.2, 0.25) is 10.0 Å². The predicted octanol–water partition coefficient (Wildman–Crippen LogP) is 1.05. The Hall–Kier alpha value is -2.73. The Balaban J connectivity index is 0.000000447. The van der Waals surface area contributed by atoms with Crippen LogP contribution in [0.2, 0.25) is 0 Å². The molecule has 0 aliphatic rings. The summed E-state index contributed by atoms with van der Waals surface area (Å²) >= 11 is 0. The molecule has 1 aromatic carbocycles. The van der Waals surface area contributed by atoms with Crippen LogP contribution in [0.15, 0.2) is 36.5 Å². The van der Waals surface area contributed by atoms with Crippen molar-refractivity contribution in [2.75, 3.05) is 27.7 Å². The number of hydrogen-bond acceptors (Lipinski definition) is 5. The van der Waals surface area contributed by atoms with Gasteiger partial charge in [-0.25, -0.2) is 22.7 Å². The van der Waals surface area contributed by atoms with Crippen LogP contribution in [-0.2, 0) is 31.8 Å². The van der Waals surface area contributed by atoms with Gasteiger partial charge in [0.25, 0.3) is 0 Å². The van der Waals surface area contributed by atoms with Crippen molar-refractivity contribution in [1.29, 1.82) is 0 Å². The van der Waals surface area contributed by atoms with Crippen LogP contribution in [0.5, 0.6) is 0 Å². The van der Waals surface area contributed by atoms with Crippen molar-refractivity contribution in [2.45, 2.75) is 12.2 Å². The van der Waals surface area contributed by atoms with Crippen molar-refractivity contribution in [3.8, 4) is 0 Å². The molecular formula is C18H25N3O7S. The smallest absolute Gasteiger partial charge is 0.328 e. The summed E-state index contributed by atoms with van der Waals surface area (Å²) in [6.07, 6.45) is 3.65. The zero-order valence-corrected chi connectivity index (χ0v) is 17.2. The number of H-pyrrole nitrogens is 1. The summed E-state index contributed by atoms with van der Waals surface area (Å²) in [4.78, 5) is 22.3. The number of aromatic nitrogens is 1. The minimum absolute atomic E-state index is 0.0484. The number of aliphatic carboxylic acids is 2. The molecule has 0 amide bonds. The van der Waals surface area contributed by atoms with Crippen LogP contribution >= 0.6 is 0 Å². The number of fused-ring (bicyclic) bond motifs is 1. The Kier molecular flexibility index (Phi) is 8.52. The minimum Gasteiger partial charge on any atom is -0.633 e. The lowest BCUT2D eigenvalue weighted by molar-refractivity contribution is -0.839. The number of hydroxylamine groups is 3. The number of carbonyl (C=O) groups is 2. The fourth-order valence-corrected chi connectivity index (χ4v) is 3.11. The number of likely N-dealkylation sites (N-methyl/N-ethyl adjacent to an activating group) is 1. The molecule has 4 N–H and O–H groups in total. The molecule has 0 unspecified atom stereocenters. The van der Waals surface area contributed by atoms with E-state index in [1.807, 2.05) is 18.3 Å². The van der Waals surface area contributed by atoms with Crippen molar-refractivity contribution < 1.29 is 32.9 Å². The molecule has 11 heteroatoms. The number of carboxylic acids is 2. The molecule has 0 radical (unpaired) electrons. The first-order valence-corrected chi connectivity index (χ1v) is 10.2. The van der Waals surface area contributed by atoms with E-state index >= 15 is 0 Å². The van der Waals surface area contributed by atoms with Gasteiger partial charge in [-0.1, -0.05) is 6.07 Å². The number of rotatable bonds is 8. The van der Waals surface area contributed by atoms with Crippen LogP contribution in [0.1, 0.15) is 11.1 Å². The van der Waals surface area contributed by atoms with Crippen molar-refractivity contribution in [2.24, 2.45) is 0 Å². The van der Waals surface area contributed by atoms with E-state index in [4.69, 9.17) is 10.2 Å². The van der Waals surface area contributed by atoms with Gasteiger partial charge in [-0.15, -0.1) is 0 Å². The topological polar surface area (TPSA) is 160 Å². The van der Waals surface area contributed by atoms with E-state index < -0.39 is 22.0 Å². The van der Waals surface area contributed by atoms with Crippen molar-refractivity contribution in [3.05, 3.63) is 52.9 Å². The fraction of sp³-hybridized carbons (Fsp3) is 0.333. The number of quaternary nitrogens is 1. The molecule has 0 saturated carbocycles. The summed E-state index contributed by atoms with van der Waals surface area (Å²) < 4.78 is 25.2. The third-order valence-corrected chi connectivity index (χ3v) is 5.12. The largest absolute Gasteiger partial charge is 0.633 e. The van der Waals surface area contributed by atoms with E-state index in [1.165, 1.54) is 7.05 Å². The second-order valence-corrected chi connectivity index (χ2v) is 8.64. The normalized spacial score (nSPS) is 12.0. The van der Waals surface area contributed by atoms with Crippen LogP contribution in [0.4, 0.5) is 0 Å². The summed E-state index contributed by atoms with van der Waals surface area (Å²) in [7, 11) is 1.34. The molecule has 2 rings (SSSR count). The van der Waals surface area contributed by atoms with Crippen molar-refractivity contribution in [3.63, 3.8) is 0 Å². The van der Waals surface area contributed by atoms with E-state index in [9.17, 15) is 23.2 Å². The summed E-state index contributed by atoms with van der Waals surface area (Å²) in [5, 5.41) is 28.3. The Morgan fingerprint density at radius 2 is 1.79 bits per heavy atom. The second kappa shape index (κ2) is 10.2. The lowest BCUT2D eigenvalue weighted by Gasteiger charge is -2.33. The molecule has 0 saturated heterocycles. The van der Waals surface area contributed by atoms with Gasteiger partial charge < -0.3 is 25.1 Å². The molecule has 0 atom stereocenters. The Morgan fingerprint density at radius 3 is 2.28 bits per heavy atom. The highest BCUT2D eigenvalue weighted by atomic mass is 32.2. The summed E-state index contributed by atoms with van der Waals surface area (Å²) in [6.45, 7) is 0.478. The molecule has 0 spiro atoms. The first-order chi connectivity index (χ1) is 13.3. The highest BCUT2D eigenvalue weighted by molar-refractivity contribution is 7.88. The number of nitrogens with zero attached hydrogens (tertiary/aromatic N) is 1. The quantitative estimate of drug-likeness (QED) is 0.278. The average molecular weight is 427 g/mol. The minimum atomic E-state index is -3.29. The molecule has 0 bridgehead atoms. The summed E-state index contributed by atoms with van der Waals surface area (Å²) in [6, 6.07) is 5.54. The molecule has 0 fully saturated rings. The molecule has 29 heavy (non-hydrogen) atoms. The first-order valence-electron chi connectivity index (χ1n) is 8.51. The lowest BCUT2D eigenvalue weighted by atomic mass is 10.1. The lowest BCUT2D eigenvalue weighted by Crippen LogP contribution is -2.34. The third-order valence-electron chi connectivity index (χ3n) is 3.79. The van der Waals surface area contributed by atoms with Crippen LogP contribution in [0, 0.1) is 5.21 Å². The fourth-order valence-electron chi connectivity index (χ4n) is 2.35. The first kappa shape index (κ1) is 24.3. The van der Waals surface area contributed by atoms with E-state index in [0.717, 1.165) is 22.0 Å². The van der Waals surface area contributed by atoms with Gasteiger partial charge in [0.15, 0.2) is 0 Å². The number of sulfonamides is 1. The summed E-state index contributed by atoms with van der Waals surface area (Å²) in [5.41, 5.74) is 2.72. The van der Waals surface area contributed by atoms with Gasteiger partial charge in [0.05, 0.1) is 26.4 Å². The van der Waals surface area contributed by atoms with E-state index in [0.29, 0.717) is 25.1 Å². The maximum atomic E-state index is 11.7. The zero-order valence-electron chi connectivity index (χ0n) is 16.4. The monoisotopic (exact) mass is 427 g/mol. The maximum Gasteiger partial charge on any atom is 0.328 e. The predicted molar refractivity (Wildman–Crippen MR) is 108 cm³/mol. The van der Waals surface area contributed by atoms with Crippen LogP contribution < -0.4 is 4.72 Å². The Labute approximate surface area is 168 Å². The number of hydrogen-bond donors (Lipinski definition) is 4. The van der Waals surface area contributed by atoms with E-state index in [1.54, 1.807) is 20.2 Å². The number of aromatic amines is 1. The molecule has 0 aliphatic heterocycles. The summed E-state index contributed by atoms with van der Waals surface area (Å²) in [5.74, 6) is -2.56. The Bertz CT molecular complexity index is 973.